The Morgan fingerprint density at radius 2 is 2.26 bits per heavy atom. The number of nitrogens with two attached hydrogens (primary N) is 1. The molecule has 0 spiro atoms. The van der Waals surface area contributed by atoms with Crippen molar-refractivity contribution in [2.45, 2.75) is 38.6 Å². The van der Waals surface area contributed by atoms with E-state index in [0.29, 0.717) is 17.3 Å². The van der Waals surface area contributed by atoms with Gasteiger partial charge in [-0.2, -0.15) is 0 Å². The lowest BCUT2D eigenvalue weighted by molar-refractivity contribution is 0.0602. The van der Waals surface area contributed by atoms with Crippen molar-refractivity contribution in [2.24, 2.45) is 0 Å². The van der Waals surface area contributed by atoms with Crippen molar-refractivity contribution in [1.82, 2.24) is 4.98 Å². The molecule has 104 valence electrons. The maximum atomic E-state index is 11.7. The predicted octanol–water partition coefficient (Wildman–Crippen LogP) is 2.22. The van der Waals surface area contributed by atoms with Crippen molar-refractivity contribution < 1.29 is 9.53 Å². The number of carbonyl (C=O) groups is 1. The lowest BCUT2D eigenvalue weighted by Gasteiger charge is -2.28. The van der Waals surface area contributed by atoms with Crippen molar-refractivity contribution in [3.63, 3.8) is 0 Å². The largest absolute Gasteiger partial charge is 0.465 e. The quantitative estimate of drug-likeness (QED) is 0.829. The van der Waals surface area contributed by atoms with Gasteiger partial charge in [-0.25, -0.2) is 9.78 Å². The van der Waals surface area contributed by atoms with E-state index < -0.39 is 5.97 Å². The van der Waals surface area contributed by atoms with Crippen molar-refractivity contribution in [2.75, 3.05) is 24.3 Å². The molecule has 1 atom stereocenters. The molecule has 1 aliphatic rings. The van der Waals surface area contributed by atoms with E-state index in [1.807, 2.05) is 0 Å². The lowest BCUT2D eigenvalue weighted by Crippen LogP contribution is -2.33. The fourth-order valence-electron chi connectivity index (χ4n) is 2.51. The average Bonchev–Trinajstić information content (AvgIpc) is 2.63. The highest BCUT2D eigenvalue weighted by Gasteiger charge is 2.20. The first kappa shape index (κ1) is 13.6. The Kier molecular flexibility index (Phi) is 4.24. The summed E-state index contributed by atoms with van der Waals surface area (Å²) < 4.78 is 4.75. The van der Waals surface area contributed by atoms with Crippen LogP contribution in [0.25, 0.3) is 0 Å². The zero-order chi connectivity index (χ0) is 13.8. The summed E-state index contributed by atoms with van der Waals surface area (Å²) in [6.07, 6.45) is 6.35. The number of esters is 1. The van der Waals surface area contributed by atoms with Gasteiger partial charge in [0.25, 0.3) is 0 Å². The molecule has 5 heteroatoms. The first-order valence-electron chi connectivity index (χ1n) is 6.74. The Balaban J connectivity index is 2.31. The molecule has 19 heavy (non-hydrogen) atoms. The van der Waals surface area contributed by atoms with Gasteiger partial charge in [-0.1, -0.05) is 12.8 Å². The van der Waals surface area contributed by atoms with Gasteiger partial charge in [0.1, 0.15) is 5.82 Å². The molecule has 0 aromatic carbocycles. The molecule has 1 saturated heterocycles. The SMILES string of the molecule is COC(=O)c1cc(N2CCCCCC2C)ncc1N. The number of nitrogen functional groups attached to an aromatic ring is 1. The van der Waals surface area contributed by atoms with Gasteiger partial charge in [0.15, 0.2) is 0 Å². The molecule has 5 nitrogen and oxygen atoms in total. The standard InChI is InChI=1S/C14H21N3O2/c1-10-6-4-3-5-7-17(10)13-8-11(14(18)19-2)12(15)9-16-13/h8-10H,3-7,15H2,1-2H3. The van der Waals surface area contributed by atoms with Gasteiger partial charge >= 0.3 is 5.97 Å². The van der Waals surface area contributed by atoms with Gasteiger partial charge in [-0.3, -0.25) is 0 Å². The number of aromatic nitrogens is 1. The summed E-state index contributed by atoms with van der Waals surface area (Å²) in [6, 6.07) is 2.17. The highest BCUT2D eigenvalue weighted by atomic mass is 16.5. The number of nitrogens with zero attached hydrogens (tertiary/aromatic N) is 2. The van der Waals surface area contributed by atoms with Crippen LogP contribution in [0.15, 0.2) is 12.3 Å². The number of hydrogen-bond acceptors (Lipinski definition) is 5. The molecule has 2 heterocycles. The van der Waals surface area contributed by atoms with E-state index in [9.17, 15) is 4.79 Å². The smallest absolute Gasteiger partial charge is 0.340 e. The minimum Gasteiger partial charge on any atom is -0.465 e. The Hall–Kier alpha value is -1.78. The molecule has 1 aromatic rings. The molecule has 0 saturated carbocycles. The van der Waals surface area contributed by atoms with Gasteiger partial charge in [0.2, 0.25) is 0 Å². The van der Waals surface area contributed by atoms with Crippen LogP contribution in [0.5, 0.6) is 0 Å². The third-order valence-corrected chi connectivity index (χ3v) is 3.67. The molecule has 0 amide bonds. The summed E-state index contributed by atoms with van der Waals surface area (Å²) in [5.41, 5.74) is 6.53. The van der Waals surface area contributed by atoms with Crippen LogP contribution in [-0.2, 0) is 4.74 Å². The normalized spacial score (nSPS) is 19.9. The van der Waals surface area contributed by atoms with Gasteiger partial charge in [-0.15, -0.1) is 0 Å². The number of pyridine rings is 1. The van der Waals surface area contributed by atoms with Crippen LogP contribution >= 0.6 is 0 Å². The van der Waals surface area contributed by atoms with E-state index in [2.05, 4.69) is 16.8 Å². The topological polar surface area (TPSA) is 68.5 Å². The minimum absolute atomic E-state index is 0.359. The van der Waals surface area contributed by atoms with Gasteiger partial charge in [0.05, 0.1) is 24.6 Å². The van der Waals surface area contributed by atoms with Crippen LogP contribution in [-0.4, -0.2) is 30.6 Å². The molecule has 2 rings (SSSR count). The fourth-order valence-corrected chi connectivity index (χ4v) is 2.51. The Morgan fingerprint density at radius 1 is 1.47 bits per heavy atom. The third kappa shape index (κ3) is 2.97. The number of anilines is 2. The molecular formula is C14H21N3O2. The number of hydrogen-bond donors (Lipinski definition) is 1. The van der Waals surface area contributed by atoms with E-state index in [1.165, 1.54) is 20.0 Å². The fraction of sp³-hybridized carbons (Fsp3) is 0.571. The summed E-state index contributed by atoms with van der Waals surface area (Å²) in [6.45, 7) is 3.17. The van der Waals surface area contributed by atoms with Crippen molar-refractivity contribution in [1.29, 1.82) is 0 Å². The summed E-state index contributed by atoms with van der Waals surface area (Å²) >= 11 is 0. The van der Waals surface area contributed by atoms with Crippen LogP contribution < -0.4 is 10.6 Å². The maximum absolute atomic E-state index is 11.7. The van der Waals surface area contributed by atoms with E-state index in [1.54, 1.807) is 12.3 Å². The average molecular weight is 263 g/mol. The second-order valence-corrected chi connectivity index (χ2v) is 5.01. The molecular weight excluding hydrogens is 242 g/mol. The molecule has 2 N–H and O–H groups in total. The summed E-state index contributed by atoms with van der Waals surface area (Å²) in [5, 5.41) is 0. The predicted molar refractivity (Wildman–Crippen MR) is 75.3 cm³/mol. The van der Waals surface area contributed by atoms with Gasteiger partial charge < -0.3 is 15.4 Å². The van der Waals surface area contributed by atoms with E-state index in [-0.39, 0.29) is 0 Å². The molecule has 1 aliphatic heterocycles. The minimum atomic E-state index is -0.413. The Bertz CT molecular complexity index is 462. The van der Waals surface area contributed by atoms with Crippen LogP contribution in [0.1, 0.15) is 43.0 Å². The monoisotopic (exact) mass is 263 g/mol. The zero-order valence-corrected chi connectivity index (χ0v) is 11.6. The Morgan fingerprint density at radius 3 is 3.00 bits per heavy atom. The molecule has 0 radical (unpaired) electrons. The van der Waals surface area contributed by atoms with Crippen molar-refractivity contribution in [3.8, 4) is 0 Å². The molecule has 0 aliphatic carbocycles. The first-order chi connectivity index (χ1) is 9.13. The second kappa shape index (κ2) is 5.91. The second-order valence-electron chi connectivity index (χ2n) is 5.01. The first-order valence-corrected chi connectivity index (χ1v) is 6.74. The number of ether oxygens (including phenoxy) is 1. The number of rotatable bonds is 2. The zero-order valence-electron chi connectivity index (χ0n) is 11.6. The molecule has 1 fully saturated rings. The maximum Gasteiger partial charge on any atom is 0.340 e. The van der Waals surface area contributed by atoms with Crippen LogP contribution in [0.2, 0.25) is 0 Å². The lowest BCUT2D eigenvalue weighted by atomic mass is 10.1. The molecule has 0 bridgehead atoms. The van der Waals surface area contributed by atoms with Gasteiger partial charge in [0, 0.05) is 12.6 Å². The summed E-state index contributed by atoms with van der Waals surface area (Å²) in [4.78, 5) is 18.3. The van der Waals surface area contributed by atoms with Crippen molar-refractivity contribution >= 4 is 17.5 Å². The highest BCUT2D eigenvalue weighted by molar-refractivity contribution is 5.95. The molecule has 1 unspecified atom stereocenters. The van der Waals surface area contributed by atoms with E-state index >= 15 is 0 Å². The summed E-state index contributed by atoms with van der Waals surface area (Å²) in [7, 11) is 1.36. The summed E-state index contributed by atoms with van der Waals surface area (Å²) in [5.74, 6) is 0.396. The van der Waals surface area contributed by atoms with Crippen LogP contribution in [0, 0.1) is 0 Å². The van der Waals surface area contributed by atoms with E-state index in [4.69, 9.17) is 10.5 Å². The molecule has 1 aromatic heterocycles. The van der Waals surface area contributed by atoms with Crippen LogP contribution in [0.3, 0.4) is 0 Å². The van der Waals surface area contributed by atoms with Crippen LogP contribution in [0.4, 0.5) is 11.5 Å². The van der Waals surface area contributed by atoms with Gasteiger partial charge in [-0.05, 0) is 25.8 Å². The number of methoxy groups -OCH3 is 1. The van der Waals surface area contributed by atoms with E-state index in [0.717, 1.165) is 25.2 Å². The third-order valence-electron chi connectivity index (χ3n) is 3.67. The Labute approximate surface area is 113 Å². The highest BCUT2D eigenvalue weighted by Crippen LogP contribution is 2.25. The van der Waals surface area contributed by atoms with Crippen molar-refractivity contribution in [3.05, 3.63) is 17.8 Å². The number of carbonyl (C=O) groups excluding carboxylic acids is 1.